The molecule has 0 spiro atoms. The van der Waals surface area contributed by atoms with Crippen LogP contribution in [0.25, 0.3) is 0 Å². The summed E-state index contributed by atoms with van der Waals surface area (Å²) in [5.74, 6) is 2.35. The quantitative estimate of drug-likeness (QED) is 0.513. The van der Waals surface area contributed by atoms with E-state index in [0.29, 0.717) is 34.6 Å². The lowest BCUT2D eigenvalue weighted by atomic mass is 10.2. The van der Waals surface area contributed by atoms with Crippen molar-refractivity contribution in [3.8, 4) is 17.2 Å². The predicted molar refractivity (Wildman–Crippen MR) is 115 cm³/mol. The van der Waals surface area contributed by atoms with Crippen molar-refractivity contribution in [1.82, 2.24) is 9.97 Å². The Labute approximate surface area is 174 Å². The molecule has 1 amide bonds. The summed E-state index contributed by atoms with van der Waals surface area (Å²) in [6, 6.07) is 12.7. The number of carbonyl (C=O) groups is 1. The predicted octanol–water partition coefficient (Wildman–Crippen LogP) is 3.95. The van der Waals surface area contributed by atoms with Crippen LogP contribution in [0, 0.1) is 0 Å². The first-order valence-electron chi connectivity index (χ1n) is 9.07. The highest BCUT2D eigenvalue weighted by molar-refractivity contribution is 5.92. The van der Waals surface area contributed by atoms with E-state index in [4.69, 9.17) is 14.2 Å². The third-order valence-corrected chi connectivity index (χ3v) is 4.04. The average molecular weight is 409 g/mol. The molecular formula is C21H23N5O4. The molecule has 0 saturated heterocycles. The smallest absolute Gasteiger partial charge is 0.229 e. The number of rotatable bonds is 8. The number of nitrogens with zero attached hydrogens (tertiary/aromatic N) is 2. The average Bonchev–Trinajstić information content (AvgIpc) is 2.73. The monoisotopic (exact) mass is 409 g/mol. The van der Waals surface area contributed by atoms with Crippen LogP contribution in [0.5, 0.6) is 17.2 Å². The van der Waals surface area contributed by atoms with E-state index in [1.54, 1.807) is 31.5 Å². The first-order chi connectivity index (χ1) is 14.5. The highest BCUT2D eigenvalue weighted by Crippen LogP contribution is 2.39. The zero-order valence-corrected chi connectivity index (χ0v) is 17.1. The van der Waals surface area contributed by atoms with Gasteiger partial charge in [-0.25, -0.2) is 4.98 Å². The van der Waals surface area contributed by atoms with Crippen molar-refractivity contribution < 1.29 is 19.0 Å². The second kappa shape index (κ2) is 9.46. The third-order valence-electron chi connectivity index (χ3n) is 4.04. The van der Waals surface area contributed by atoms with Crippen LogP contribution in [0.2, 0.25) is 0 Å². The Morgan fingerprint density at radius 3 is 2.47 bits per heavy atom. The molecule has 0 aliphatic heterocycles. The number of ether oxygens (including phenoxy) is 3. The molecule has 156 valence electrons. The maximum absolute atomic E-state index is 11.5. The summed E-state index contributed by atoms with van der Waals surface area (Å²) >= 11 is 0. The fourth-order valence-corrected chi connectivity index (χ4v) is 2.79. The lowest BCUT2D eigenvalue weighted by molar-refractivity contribution is -0.114. The van der Waals surface area contributed by atoms with Gasteiger partial charge in [0, 0.05) is 36.6 Å². The molecule has 2 aromatic carbocycles. The van der Waals surface area contributed by atoms with Crippen molar-refractivity contribution >= 4 is 34.7 Å². The molecule has 9 heteroatoms. The summed E-state index contributed by atoms with van der Waals surface area (Å²) < 4.78 is 16.0. The topological polar surface area (TPSA) is 107 Å². The van der Waals surface area contributed by atoms with Gasteiger partial charge < -0.3 is 30.2 Å². The van der Waals surface area contributed by atoms with Crippen LogP contribution < -0.4 is 30.2 Å². The number of methoxy groups -OCH3 is 3. The molecular weight excluding hydrogens is 386 g/mol. The van der Waals surface area contributed by atoms with Crippen LogP contribution in [0.1, 0.15) is 6.92 Å². The normalized spacial score (nSPS) is 10.1. The van der Waals surface area contributed by atoms with Gasteiger partial charge in [-0.15, -0.1) is 0 Å². The minimum atomic E-state index is -0.228. The highest BCUT2D eigenvalue weighted by Gasteiger charge is 2.14. The Balaban J connectivity index is 1.85. The van der Waals surface area contributed by atoms with Crippen LogP contribution >= 0.6 is 0 Å². The summed E-state index contributed by atoms with van der Waals surface area (Å²) in [6.07, 6.45) is 1.63. The molecule has 3 aromatic rings. The van der Waals surface area contributed by atoms with Gasteiger partial charge in [-0.3, -0.25) is 4.79 Å². The summed E-state index contributed by atoms with van der Waals surface area (Å²) in [6.45, 7) is 1.42. The van der Waals surface area contributed by atoms with Crippen LogP contribution in [-0.4, -0.2) is 37.2 Å². The summed E-state index contributed by atoms with van der Waals surface area (Å²) in [5.41, 5.74) is 1.92. The lowest BCUT2D eigenvalue weighted by Gasteiger charge is -2.16. The molecule has 0 fully saturated rings. The number of hydrogen-bond acceptors (Lipinski definition) is 8. The molecule has 0 atom stereocenters. The maximum atomic E-state index is 11.5. The van der Waals surface area contributed by atoms with E-state index in [1.165, 1.54) is 21.1 Å². The molecule has 0 saturated carbocycles. The number of nitrogens with one attached hydrogen (secondary N) is 3. The van der Waals surface area contributed by atoms with Crippen molar-refractivity contribution in [3.05, 3.63) is 48.7 Å². The van der Waals surface area contributed by atoms with Gasteiger partial charge in [0.05, 0.1) is 27.0 Å². The molecule has 1 heterocycles. The highest BCUT2D eigenvalue weighted by atomic mass is 16.5. The first kappa shape index (κ1) is 20.7. The van der Waals surface area contributed by atoms with Crippen LogP contribution in [-0.2, 0) is 4.79 Å². The molecule has 30 heavy (non-hydrogen) atoms. The van der Waals surface area contributed by atoms with Gasteiger partial charge in [0.15, 0.2) is 11.5 Å². The summed E-state index contributed by atoms with van der Waals surface area (Å²) in [7, 11) is 4.64. The minimum Gasteiger partial charge on any atom is -0.497 e. The zero-order valence-electron chi connectivity index (χ0n) is 17.1. The van der Waals surface area contributed by atoms with Crippen molar-refractivity contribution in [3.63, 3.8) is 0 Å². The van der Waals surface area contributed by atoms with Gasteiger partial charge in [-0.05, 0) is 24.3 Å². The van der Waals surface area contributed by atoms with Crippen molar-refractivity contribution in [2.75, 3.05) is 37.3 Å². The Hall–Kier alpha value is -4.01. The van der Waals surface area contributed by atoms with Crippen LogP contribution in [0.3, 0.4) is 0 Å². The maximum Gasteiger partial charge on any atom is 0.229 e. The van der Waals surface area contributed by atoms with Crippen LogP contribution in [0.4, 0.5) is 28.8 Å². The number of aromatic nitrogens is 2. The van der Waals surface area contributed by atoms with E-state index in [2.05, 4.69) is 25.9 Å². The van der Waals surface area contributed by atoms with Crippen molar-refractivity contribution in [2.24, 2.45) is 0 Å². The van der Waals surface area contributed by atoms with Gasteiger partial charge in [0.1, 0.15) is 11.6 Å². The lowest BCUT2D eigenvalue weighted by Crippen LogP contribution is -2.09. The summed E-state index contributed by atoms with van der Waals surface area (Å²) in [4.78, 5) is 20.3. The van der Waals surface area contributed by atoms with E-state index in [0.717, 1.165) is 11.4 Å². The van der Waals surface area contributed by atoms with E-state index in [-0.39, 0.29) is 5.91 Å². The SMILES string of the molecule is COc1cccc(Nc2ccnc(Nc3cc(NC(C)=O)c(OC)c(OC)c3)n2)c1. The van der Waals surface area contributed by atoms with Gasteiger partial charge in [0.25, 0.3) is 0 Å². The largest absolute Gasteiger partial charge is 0.497 e. The molecule has 0 unspecified atom stereocenters. The second-order valence-electron chi connectivity index (χ2n) is 6.19. The van der Waals surface area contributed by atoms with E-state index < -0.39 is 0 Å². The van der Waals surface area contributed by atoms with E-state index >= 15 is 0 Å². The Morgan fingerprint density at radius 2 is 1.77 bits per heavy atom. The number of hydrogen-bond donors (Lipinski definition) is 3. The molecule has 9 nitrogen and oxygen atoms in total. The standard InChI is InChI=1S/C21H23N5O4/c1-13(27)23-17-11-15(12-18(29-3)20(17)30-4)25-21-22-9-8-19(26-21)24-14-6-5-7-16(10-14)28-2/h5-12H,1-4H3,(H,23,27)(H2,22,24,25,26). The molecule has 0 aliphatic carbocycles. The van der Waals surface area contributed by atoms with Gasteiger partial charge in [-0.1, -0.05) is 6.07 Å². The molecule has 3 rings (SSSR count). The minimum absolute atomic E-state index is 0.228. The van der Waals surface area contributed by atoms with Crippen LogP contribution in [0.15, 0.2) is 48.7 Å². The third kappa shape index (κ3) is 5.07. The Morgan fingerprint density at radius 1 is 0.933 bits per heavy atom. The molecule has 3 N–H and O–H groups in total. The fraction of sp³-hybridized carbons (Fsp3) is 0.190. The van der Waals surface area contributed by atoms with Gasteiger partial charge in [0.2, 0.25) is 11.9 Å². The van der Waals surface area contributed by atoms with Crippen molar-refractivity contribution in [2.45, 2.75) is 6.92 Å². The van der Waals surface area contributed by atoms with E-state index in [9.17, 15) is 4.79 Å². The van der Waals surface area contributed by atoms with Gasteiger partial charge in [-0.2, -0.15) is 4.98 Å². The molecule has 0 aliphatic rings. The van der Waals surface area contributed by atoms with Crippen molar-refractivity contribution in [1.29, 1.82) is 0 Å². The Kier molecular flexibility index (Phi) is 6.53. The second-order valence-corrected chi connectivity index (χ2v) is 6.19. The molecule has 0 radical (unpaired) electrons. The summed E-state index contributed by atoms with van der Waals surface area (Å²) in [5, 5.41) is 9.06. The number of amides is 1. The number of anilines is 5. The number of carbonyl (C=O) groups excluding carboxylic acids is 1. The molecule has 1 aromatic heterocycles. The van der Waals surface area contributed by atoms with Gasteiger partial charge >= 0.3 is 0 Å². The Bertz CT molecular complexity index is 1040. The first-order valence-corrected chi connectivity index (χ1v) is 9.07. The zero-order chi connectivity index (χ0) is 21.5. The fourth-order valence-electron chi connectivity index (χ4n) is 2.79. The molecule has 0 bridgehead atoms. The van der Waals surface area contributed by atoms with E-state index in [1.807, 2.05) is 24.3 Å². The number of benzene rings is 2.